The van der Waals surface area contributed by atoms with Gasteiger partial charge in [-0.15, -0.1) is 0 Å². The second kappa shape index (κ2) is 4.54. The average Bonchev–Trinajstić information content (AvgIpc) is 2.26. The molecule has 0 fully saturated rings. The van der Waals surface area contributed by atoms with Gasteiger partial charge >= 0.3 is 0 Å². The van der Waals surface area contributed by atoms with Crippen molar-refractivity contribution in [1.82, 2.24) is 0 Å². The lowest BCUT2D eigenvalue weighted by Crippen LogP contribution is -1.96. The lowest BCUT2D eigenvalue weighted by molar-refractivity contribution is 0.632. The highest BCUT2D eigenvalue weighted by Gasteiger charge is 2.07. The molecule has 0 aliphatic carbocycles. The maximum absolute atomic E-state index is 13.5. The molecule has 0 saturated heterocycles. The van der Waals surface area contributed by atoms with E-state index in [4.69, 9.17) is 11.6 Å². The van der Waals surface area contributed by atoms with Crippen LogP contribution in [0.25, 0.3) is 0 Å². The molecule has 0 aromatic heterocycles. The molecule has 0 heterocycles. The smallest absolute Gasteiger partial charge is 0.148 e. The van der Waals surface area contributed by atoms with Crippen molar-refractivity contribution in [3.63, 3.8) is 0 Å². The Morgan fingerprint density at radius 1 is 1.06 bits per heavy atom. The lowest BCUT2D eigenvalue weighted by Gasteiger charge is -2.11. The normalized spacial score (nSPS) is 10.2. The summed E-state index contributed by atoms with van der Waals surface area (Å²) in [6.07, 6.45) is 0. The van der Waals surface area contributed by atoms with Crippen LogP contribution < -0.4 is 5.32 Å². The Labute approximate surface area is 98.9 Å². The quantitative estimate of drug-likeness (QED) is 0.806. The first-order valence-corrected chi connectivity index (χ1v) is 5.33. The minimum atomic E-state index is -0.351. The Morgan fingerprint density at radius 2 is 1.81 bits per heavy atom. The molecule has 0 unspecified atom stereocenters. The van der Waals surface area contributed by atoms with Crippen LogP contribution in [0.5, 0.6) is 0 Å². The van der Waals surface area contributed by atoms with Crippen LogP contribution in [0.4, 0.5) is 15.8 Å². The molecule has 1 nitrogen and oxygen atoms in total. The summed E-state index contributed by atoms with van der Waals surface area (Å²) in [4.78, 5) is 0. The van der Waals surface area contributed by atoms with Crippen LogP contribution in [-0.2, 0) is 0 Å². The number of hydrogen-bond donors (Lipinski definition) is 1. The molecule has 2 aromatic carbocycles. The fourth-order valence-corrected chi connectivity index (χ4v) is 1.68. The van der Waals surface area contributed by atoms with Gasteiger partial charge in [-0.3, -0.25) is 0 Å². The van der Waals surface area contributed by atoms with Gasteiger partial charge in [-0.25, -0.2) is 4.39 Å². The van der Waals surface area contributed by atoms with Crippen molar-refractivity contribution in [3.8, 4) is 0 Å². The second-order valence-corrected chi connectivity index (χ2v) is 3.94. The molecule has 0 atom stereocenters. The minimum Gasteiger partial charge on any atom is -0.352 e. The van der Waals surface area contributed by atoms with E-state index < -0.39 is 0 Å². The van der Waals surface area contributed by atoms with Crippen molar-refractivity contribution in [2.24, 2.45) is 0 Å². The SMILES string of the molecule is Cc1ccccc1Nc1c(F)cccc1Cl. The van der Waals surface area contributed by atoms with Crippen LogP contribution in [0.3, 0.4) is 0 Å². The van der Waals surface area contributed by atoms with Crippen molar-refractivity contribution in [1.29, 1.82) is 0 Å². The monoisotopic (exact) mass is 235 g/mol. The van der Waals surface area contributed by atoms with E-state index in [1.165, 1.54) is 6.07 Å². The second-order valence-electron chi connectivity index (χ2n) is 3.54. The minimum absolute atomic E-state index is 0.318. The number of para-hydroxylation sites is 2. The Bertz CT molecular complexity index is 491. The first kappa shape index (κ1) is 11.0. The molecule has 2 rings (SSSR count). The molecule has 3 heteroatoms. The molecule has 0 spiro atoms. The van der Waals surface area contributed by atoms with Gasteiger partial charge in [0.15, 0.2) is 0 Å². The van der Waals surface area contributed by atoms with E-state index in [1.807, 2.05) is 31.2 Å². The Morgan fingerprint density at radius 3 is 2.50 bits per heavy atom. The Balaban J connectivity index is 2.38. The zero-order chi connectivity index (χ0) is 11.5. The van der Waals surface area contributed by atoms with E-state index in [2.05, 4.69) is 5.32 Å². The fraction of sp³-hybridized carbons (Fsp3) is 0.0769. The average molecular weight is 236 g/mol. The van der Waals surface area contributed by atoms with Crippen molar-refractivity contribution in [2.75, 3.05) is 5.32 Å². The summed E-state index contributed by atoms with van der Waals surface area (Å²) in [6.45, 7) is 1.96. The van der Waals surface area contributed by atoms with Crippen LogP contribution in [0.15, 0.2) is 42.5 Å². The highest BCUT2D eigenvalue weighted by molar-refractivity contribution is 6.33. The lowest BCUT2D eigenvalue weighted by atomic mass is 10.2. The van der Waals surface area contributed by atoms with Crippen LogP contribution in [0.1, 0.15) is 5.56 Å². The van der Waals surface area contributed by atoms with Crippen molar-refractivity contribution < 1.29 is 4.39 Å². The van der Waals surface area contributed by atoms with E-state index >= 15 is 0 Å². The highest BCUT2D eigenvalue weighted by atomic mass is 35.5. The maximum atomic E-state index is 13.5. The number of nitrogens with one attached hydrogen (secondary N) is 1. The molecule has 16 heavy (non-hydrogen) atoms. The summed E-state index contributed by atoms with van der Waals surface area (Å²) in [5, 5.41) is 3.38. The topological polar surface area (TPSA) is 12.0 Å². The summed E-state index contributed by atoms with van der Waals surface area (Å²) < 4.78 is 13.5. The van der Waals surface area contributed by atoms with Crippen molar-refractivity contribution >= 4 is 23.0 Å². The van der Waals surface area contributed by atoms with Gasteiger partial charge in [0.05, 0.1) is 10.7 Å². The molecule has 1 N–H and O–H groups in total. The van der Waals surface area contributed by atoms with E-state index in [-0.39, 0.29) is 5.82 Å². The first-order valence-electron chi connectivity index (χ1n) is 4.95. The molecule has 0 bridgehead atoms. The predicted molar refractivity (Wildman–Crippen MR) is 65.9 cm³/mol. The summed E-state index contributed by atoms with van der Waals surface area (Å²) in [6, 6.07) is 12.3. The number of hydrogen-bond acceptors (Lipinski definition) is 1. The third-order valence-electron chi connectivity index (χ3n) is 2.37. The van der Waals surface area contributed by atoms with Gasteiger partial charge in [-0.2, -0.15) is 0 Å². The number of benzene rings is 2. The van der Waals surface area contributed by atoms with E-state index in [1.54, 1.807) is 12.1 Å². The number of aryl methyl sites for hydroxylation is 1. The zero-order valence-electron chi connectivity index (χ0n) is 8.80. The van der Waals surface area contributed by atoms with Gasteiger partial charge < -0.3 is 5.32 Å². The standard InChI is InChI=1S/C13H11ClFN/c1-9-5-2-3-8-12(9)16-13-10(14)6-4-7-11(13)15/h2-8,16H,1H3. The first-order chi connectivity index (χ1) is 7.68. The molecule has 0 aliphatic heterocycles. The van der Waals surface area contributed by atoms with Gasteiger partial charge in [0.1, 0.15) is 5.82 Å². The van der Waals surface area contributed by atoms with Gasteiger partial charge in [0.25, 0.3) is 0 Å². The third-order valence-corrected chi connectivity index (χ3v) is 2.68. The third kappa shape index (κ3) is 2.17. The van der Waals surface area contributed by atoms with E-state index in [0.717, 1.165) is 11.3 Å². The Kier molecular flexibility index (Phi) is 3.11. The molecular weight excluding hydrogens is 225 g/mol. The van der Waals surface area contributed by atoms with Gasteiger partial charge in [-0.1, -0.05) is 35.9 Å². The highest BCUT2D eigenvalue weighted by Crippen LogP contribution is 2.29. The van der Waals surface area contributed by atoms with Crippen LogP contribution in [-0.4, -0.2) is 0 Å². The van der Waals surface area contributed by atoms with E-state index in [9.17, 15) is 4.39 Å². The van der Waals surface area contributed by atoms with Crippen LogP contribution >= 0.6 is 11.6 Å². The summed E-state index contributed by atoms with van der Waals surface area (Å²) in [5.74, 6) is -0.351. The molecule has 0 saturated carbocycles. The maximum Gasteiger partial charge on any atom is 0.148 e. The summed E-state index contributed by atoms with van der Waals surface area (Å²) >= 11 is 5.93. The van der Waals surface area contributed by atoms with Crippen LogP contribution in [0, 0.1) is 12.7 Å². The predicted octanol–water partition coefficient (Wildman–Crippen LogP) is 4.53. The van der Waals surface area contributed by atoms with Gasteiger partial charge in [0.2, 0.25) is 0 Å². The molecule has 82 valence electrons. The van der Waals surface area contributed by atoms with Gasteiger partial charge in [-0.05, 0) is 30.7 Å². The number of rotatable bonds is 2. The largest absolute Gasteiger partial charge is 0.352 e. The molecule has 0 amide bonds. The van der Waals surface area contributed by atoms with Crippen molar-refractivity contribution in [3.05, 3.63) is 58.9 Å². The molecular formula is C13H11ClFN. The molecule has 0 radical (unpaired) electrons. The fourth-order valence-electron chi connectivity index (χ4n) is 1.47. The summed E-state index contributed by atoms with van der Waals surface area (Å²) in [7, 11) is 0. The number of anilines is 2. The van der Waals surface area contributed by atoms with Crippen molar-refractivity contribution in [2.45, 2.75) is 6.92 Å². The summed E-state index contributed by atoms with van der Waals surface area (Å²) in [5.41, 5.74) is 2.22. The number of halogens is 2. The Hall–Kier alpha value is -1.54. The van der Waals surface area contributed by atoms with Gasteiger partial charge in [0, 0.05) is 5.69 Å². The molecule has 0 aliphatic rings. The zero-order valence-corrected chi connectivity index (χ0v) is 9.55. The molecule has 2 aromatic rings. The van der Waals surface area contributed by atoms with Crippen LogP contribution in [0.2, 0.25) is 5.02 Å². The van der Waals surface area contributed by atoms with E-state index in [0.29, 0.717) is 10.7 Å².